The molecule has 0 bridgehead atoms. The molecule has 0 fully saturated rings. The minimum Gasteiger partial charge on any atom is -0.487 e. The zero-order valence-electron chi connectivity index (χ0n) is 12.9. The highest BCUT2D eigenvalue weighted by atomic mass is 35.5. The van der Waals surface area contributed by atoms with E-state index in [4.69, 9.17) is 21.1 Å². The van der Waals surface area contributed by atoms with Crippen molar-refractivity contribution in [1.29, 1.82) is 0 Å². The molecule has 0 aliphatic carbocycles. The highest BCUT2D eigenvalue weighted by molar-refractivity contribution is 6.31. The minimum absolute atomic E-state index is 0.0625. The summed E-state index contributed by atoms with van der Waals surface area (Å²) in [6.07, 6.45) is 1.34. The fourth-order valence-corrected chi connectivity index (χ4v) is 2.10. The quantitative estimate of drug-likeness (QED) is 0.736. The first-order valence-electron chi connectivity index (χ1n) is 6.93. The van der Waals surface area contributed by atoms with Crippen molar-refractivity contribution in [2.75, 3.05) is 13.7 Å². The molecule has 2 aromatic rings. The average Bonchev–Trinajstić information content (AvgIpc) is 2.55. The molecule has 0 spiro atoms. The van der Waals surface area contributed by atoms with Gasteiger partial charge in [-0.3, -0.25) is 0 Å². The third-order valence-corrected chi connectivity index (χ3v) is 3.27. The summed E-state index contributed by atoms with van der Waals surface area (Å²) in [6, 6.07) is 3.11. The van der Waals surface area contributed by atoms with E-state index < -0.39 is 23.2 Å². The largest absolute Gasteiger partial charge is 0.487 e. The average molecular weight is 358 g/mol. The predicted molar refractivity (Wildman–Crippen MR) is 82.4 cm³/mol. The van der Waals surface area contributed by atoms with Crippen LogP contribution in [0.2, 0.25) is 5.02 Å². The molecular weight excluding hydrogens is 344 g/mol. The van der Waals surface area contributed by atoms with Gasteiger partial charge >= 0.3 is 5.97 Å². The van der Waals surface area contributed by atoms with Crippen LogP contribution in [0.1, 0.15) is 22.8 Å². The van der Waals surface area contributed by atoms with Gasteiger partial charge in [-0.25, -0.2) is 18.6 Å². The van der Waals surface area contributed by atoms with Crippen LogP contribution in [0.3, 0.4) is 0 Å². The first kappa shape index (κ1) is 17.9. The number of hydrogen-bond donors (Lipinski definition) is 0. The minimum atomic E-state index is -0.924. The number of aromatic nitrogens is 1. The van der Waals surface area contributed by atoms with Crippen molar-refractivity contribution in [2.45, 2.75) is 13.5 Å². The lowest BCUT2D eigenvalue weighted by Gasteiger charge is -2.10. The van der Waals surface area contributed by atoms with E-state index in [0.29, 0.717) is 0 Å². The third-order valence-electron chi connectivity index (χ3n) is 3.00. The summed E-state index contributed by atoms with van der Waals surface area (Å²) in [5.74, 6) is -2.12. The Morgan fingerprint density at radius 3 is 2.62 bits per heavy atom. The SMILES string of the molecule is CCOC(=O)c1cc(F)c(COc2cnc(OC)c(Cl)c2)cc1F. The smallest absolute Gasteiger partial charge is 0.341 e. The van der Waals surface area contributed by atoms with Crippen molar-refractivity contribution in [1.82, 2.24) is 4.98 Å². The van der Waals surface area contributed by atoms with Crippen LogP contribution < -0.4 is 9.47 Å². The Kier molecular flexibility index (Phi) is 5.92. The van der Waals surface area contributed by atoms with Gasteiger partial charge in [-0.15, -0.1) is 0 Å². The molecule has 0 aliphatic rings. The van der Waals surface area contributed by atoms with Crippen molar-refractivity contribution >= 4 is 17.6 Å². The molecule has 24 heavy (non-hydrogen) atoms. The Labute approximate surface area is 142 Å². The fourth-order valence-electron chi connectivity index (χ4n) is 1.86. The molecular formula is C16H14ClF2NO4. The fraction of sp³-hybridized carbons (Fsp3) is 0.250. The van der Waals surface area contributed by atoms with E-state index in [9.17, 15) is 13.6 Å². The molecule has 5 nitrogen and oxygen atoms in total. The number of esters is 1. The van der Waals surface area contributed by atoms with Gasteiger partial charge in [0.15, 0.2) is 0 Å². The monoisotopic (exact) mass is 357 g/mol. The van der Waals surface area contributed by atoms with Crippen LogP contribution in [0, 0.1) is 11.6 Å². The maximum Gasteiger partial charge on any atom is 0.341 e. The molecule has 1 heterocycles. The Morgan fingerprint density at radius 1 is 1.25 bits per heavy atom. The first-order chi connectivity index (χ1) is 11.5. The topological polar surface area (TPSA) is 57.7 Å². The van der Waals surface area contributed by atoms with Crippen LogP contribution >= 0.6 is 11.6 Å². The lowest BCUT2D eigenvalue weighted by molar-refractivity contribution is 0.0520. The number of pyridine rings is 1. The maximum atomic E-state index is 14.0. The summed E-state index contributed by atoms with van der Waals surface area (Å²) < 4.78 is 42.8. The molecule has 0 saturated carbocycles. The molecule has 0 aliphatic heterocycles. The van der Waals surface area contributed by atoms with E-state index >= 15 is 0 Å². The molecule has 8 heteroatoms. The van der Waals surface area contributed by atoms with Crippen LogP contribution in [0.25, 0.3) is 0 Å². The first-order valence-corrected chi connectivity index (χ1v) is 7.31. The molecule has 0 N–H and O–H groups in total. The zero-order chi connectivity index (χ0) is 17.7. The molecule has 0 atom stereocenters. The second-order valence-electron chi connectivity index (χ2n) is 4.59. The van der Waals surface area contributed by atoms with Crippen LogP contribution in [-0.2, 0) is 11.3 Å². The van der Waals surface area contributed by atoms with E-state index in [1.165, 1.54) is 19.4 Å². The summed E-state index contributed by atoms with van der Waals surface area (Å²) in [5, 5.41) is 0.222. The summed E-state index contributed by atoms with van der Waals surface area (Å²) >= 11 is 5.90. The van der Waals surface area contributed by atoms with Crippen LogP contribution in [0.15, 0.2) is 24.4 Å². The normalized spacial score (nSPS) is 10.4. The lowest BCUT2D eigenvalue weighted by atomic mass is 10.1. The lowest BCUT2D eigenvalue weighted by Crippen LogP contribution is -2.10. The number of methoxy groups -OCH3 is 1. The number of halogens is 3. The van der Waals surface area contributed by atoms with Crippen LogP contribution in [-0.4, -0.2) is 24.7 Å². The van der Waals surface area contributed by atoms with Crippen LogP contribution in [0.5, 0.6) is 11.6 Å². The van der Waals surface area contributed by atoms with E-state index in [2.05, 4.69) is 9.72 Å². The van der Waals surface area contributed by atoms with E-state index in [1.54, 1.807) is 6.92 Å². The molecule has 2 rings (SSSR count). The summed E-state index contributed by atoms with van der Waals surface area (Å²) in [7, 11) is 1.41. The summed E-state index contributed by atoms with van der Waals surface area (Å²) in [5.41, 5.74) is -0.528. The molecule has 128 valence electrons. The Hall–Kier alpha value is -2.41. The molecule has 0 unspecified atom stereocenters. The molecule has 0 amide bonds. The Bertz CT molecular complexity index is 755. The summed E-state index contributed by atoms with van der Waals surface area (Å²) in [6.45, 7) is 1.37. The van der Waals surface area contributed by atoms with E-state index in [0.717, 1.165) is 12.1 Å². The van der Waals surface area contributed by atoms with Gasteiger partial charge in [0.25, 0.3) is 0 Å². The van der Waals surface area contributed by atoms with Gasteiger partial charge in [-0.1, -0.05) is 11.6 Å². The zero-order valence-corrected chi connectivity index (χ0v) is 13.7. The Balaban J connectivity index is 2.14. The third kappa shape index (κ3) is 4.11. The number of hydrogen-bond acceptors (Lipinski definition) is 5. The maximum absolute atomic E-state index is 14.0. The molecule has 0 saturated heterocycles. The van der Waals surface area contributed by atoms with Gasteiger partial charge in [0, 0.05) is 11.6 Å². The molecule has 1 aromatic carbocycles. The van der Waals surface area contributed by atoms with Crippen molar-refractivity contribution in [2.24, 2.45) is 0 Å². The number of carbonyl (C=O) groups is 1. The van der Waals surface area contributed by atoms with Crippen LogP contribution in [0.4, 0.5) is 8.78 Å². The predicted octanol–water partition coefficient (Wildman–Crippen LogP) is 3.78. The van der Waals surface area contributed by atoms with E-state index in [-0.39, 0.29) is 35.4 Å². The second-order valence-corrected chi connectivity index (χ2v) is 5.00. The van der Waals surface area contributed by atoms with Gasteiger partial charge in [0.2, 0.25) is 5.88 Å². The van der Waals surface area contributed by atoms with Crippen molar-refractivity contribution < 1.29 is 27.8 Å². The van der Waals surface area contributed by atoms with Gasteiger partial charge in [-0.2, -0.15) is 0 Å². The number of carbonyl (C=O) groups excluding carboxylic acids is 1. The number of benzene rings is 1. The highest BCUT2D eigenvalue weighted by Gasteiger charge is 2.17. The standard InChI is InChI=1S/C16H14ClF2NO4/c1-3-23-16(21)11-6-13(18)9(4-14(11)19)8-24-10-5-12(17)15(22-2)20-7-10/h4-7H,3,8H2,1-2H3. The number of nitrogens with zero attached hydrogens (tertiary/aromatic N) is 1. The van der Waals surface area contributed by atoms with Gasteiger partial charge in [0.05, 0.1) is 25.5 Å². The molecule has 0 radical (unpaired) electrons. The van der Waals surface area contributed by atoms with E-state index in [1.807, 2.05) is 0 Å². The highest BCUT2D eigenvalue weighted by Crippen LogP contribution is 2.26. The number of ether oxygens (including phenoxy) is 3. The van der Waals surface area contributed by atoms with Crippen molar-refractivity contribution in [3.63, 3.8) is 0 Å². The van der Waals surface area contributed by atoms with Gasteiger partial charge < -0.3 is 14.2 Å². The van der Waals surface area contributed by atoms with Crippen molar-refractivity contribution in [3.05, 3.63) is 52.2 Å². The molecule has 1 aromatic heterocycles. The van der Waals surface area contributed by atoms with Gasteiger partial charge in [0.1, 0.15) is 29.0 Å². The second kappa shape index (κ2) is 7.92. The summed E-state index contributed by atoms with van der Waals surface area (Å²) in [4.78, 5) is 15.4. The Morgan fingerprint density at radius 2 is 2.00 bits per heavy atom. The number of rotatable bonds is 6. The van der Waals surface area contributed by atoms with Crippen molar-refractivity contribution in [3.8, 4) is 11.6 Å². The van der Waals surface area contributed by atoms with Gasteiger partial charge in [-0.05, 0) is 19.1 Å².